The first-order chi connectivity index (χ1) is 9.57. The molecule has 1 N–H and O–H groups in total. The molecular weight excluding hydrogens is 360 g/mol. The summed E-state index contributed by atoms with van der Waals surface area (Å²) in [6.45, 7) is 2.53. The largest absolute Gasteiger partial charge is 0.478 e. The molecule has 0 heterocycles. The van der Waals surface area contributed by atoms with Crippen molar-refractivity contribution in [2.24, 2.45) is 0 Å². The third kappa shape index (κ3) is 4.26. The summed E-state index contributed by atoms with van der Waals surface area (Å²) in [5.74, 6) is -1.15. The van der Waals surface area contributed by atoms with Gasteiger partial charge in [-0.2, -0.15) is 4.31 Å². The smallest absolute Gasteiger partial charge is 0.336 e. The average molecular weight is 379 g/mol. The molecule has 0 amide bonds. The predicted octanol–water partition coefficient (Wildman–Crippen LogP) is 1.64. The monoisotopic (exact) mass is 378 g/mol. The maximum Gasteiger partial charge on any atom is 0.336 e. The fourth-order valence-electron chi connectivity index (χ4n) is 1.67. The lowest BCUT2D eigenvalue weighted by molar-refractivity contribution is 0.0695. The molecule has 0 bridgehead atoms. The van der Waals surface area contributed by atoms with E-state index < -0.39 is 16.0 Å². The van der Waals surface area contributed by atoms with Gasteiger partial charge in [0.2, 0.25) is 10.0 Å². The number of sulfonamides is 1. The number of benzene rings is 1. The number of likely N-dealkylation sites (N-methyl/N-ethyl adjacent to an activating group) is 2. The highest BCUT2D eigenvalue weighted by Gasteiger charge is 2.24. The molecule has 0 aliphatic rings. The van der Waals surface area contributed by atoms with Gasteiger partial charge in [-0.3, -0.25) is 0 Å². The molecule has 21 heavy (non-hydrogen) atoms. The molecule has 0 saturated carbocycles. The maximum atomic E-state index is 12.5. The van der Waals surface area contributed by atoms with Crippen molar-refractivity contribution in [3.05, 3.63) is 27.7 Å². The van der Waals surface area contributed by atoms with Gasteiger partial charge in [0.1, 0.15) is 0 Å². The maximum absolute atomic E-state index is 12.5. The lowest BCUT2D eigenvalue weighted by atomic mass is 10.1. The zero-order valence-corrected chi connectivity index (χ0v) is 14.8. The van der Waals surface area contributed by atoms with Gasteiger partial charge >= 0.3 is 5.97 Å². The second-order valence-electron chi connectivity index (χ2n) is 5.01. The summed E-state index contributed by atoms with van der Waals surface area (Å²) in [5.41, 5.74) is 0.473. The van der Waals surface area contributed by atoms with Gasteiger partial charge in [0.15, 0.2) is 0 Å². The van der Waals surface area contributed by atoms with Gasteiger partial charge in [0, 0.05) is 24.6 Å². The summed E-state index contributed by atoms with van der Waals surface area (Å²) in [6.07, 6.45) is 0. The second-order valence-corrected chi connectivity index (χ2v) is 7.91. The molecule has 1 rings (SSSR count). The Labute approximate surface area is 133 Å². The van der Waals surface area contributed by atoms with Gasteiger partial charge in [0.05, 0.1) is 10.5 Å². The van der Waals surface area contributed by atoms with Gasteiger partial charge in [-0.1, -0.05) is 15.9 Å². The first-order valence-electron chi connectivity index (χ1n) is 6.22. The van der Waals surface area contributed by atoms with E-state index >= 15 is 0 Å². The number of aromatic carboxylic acids is 1. The Balaban J connectivity index is 3.23. The summed E-state index contributed by atoms with van der Waals surface area (Å²) >= 11 is 3.21. The first kappa shape index (κ1) is 18.1. The Morgan fingerprint density at radius 3 is 2.29 bits per heavy atom. The minimum absolute atomic E-state index is 0.0241. The molecule has 0 radical (unpaired) electrons. The molecular formula is C13H19BrN2O4S. The van der Waals surface area contributed by atoms with Crippen LogP contribution in [0.1, 0.15) is 15.9 Å². The topological polar surface area (TPSA) is 77.9 Å². The van der Waals surface area contributed by atoms with Crippen LogP contribution in [-0.4, -0.2) is 62.9 Å². The number of hydrogen-bond acceptors (Lipinski definition) is 4. The van der Waals surface area contributed by atoms with Crippen LogP contribution >= 0.6 is 15.9 Å². The molecule has 0 aromatic heterocycles. The van der Waals surface area contributed by atoms with Crippen molar-refractivity contribution in [3.63, 3.8) is 0 Å². The fourth-order valence-corrected chi connectivity index (χ4v) is 3.49. The first-order valence-corrected chi connectivity index (χ1v) is 8.45. The van der Waals surface area contributed by atoms with Crippen molar-refractivity contribution in [2.75, 3.05) is 34.2 Å². The summed E-state index contributed by atoms with van der Waals surface area (Å²) in [7, 11) is 1.47. The molecule has 1 aromatic carbocycles. The summed E-state index contributed by atoms with van der Waals surface area (Å²) in [4.78, 5) is 13.0. The lowest BCUT2D eigenvalue weighted by Gasteiger charge is -2.20. The molecule has 8 heteroatoms. The molecule has 6 nitrogen and oxygen atoms in total. The van der Waals surface area contributed by atoms with Crippen molar-refractivity contribution in [3.8, 4) is 0 Å². The van der Waals surface area contributed by atoms with E-state index in [4.69, 9.17) is 5.11 Å². The van der Waals surface area contributed by atoms with Crippen molar-refractivity contribution in [1.29, 1.82) is 0 Å². The molecule has 0 unspecified atom stereocenters. The van der Waals surface area contributed by atoms with E-state index in [1.54, 1.807) is 6.92 Å². The zero-order chi connectivity index (χ0) is 16.4. The van der Waals surface area contributed by atoms with E-state index in [1.165, 1.54) is 23.5 Å². The number of halogens is 1. The molecule has 0 aliphatic carbocycles. The van der Waals surface area contributed by atoms with E-state index in [2.05, 4.69) is 15.9 Å². The number of hydrogen-bond donors (Lipinski definition) is 1. The minimum Gasteiger partial charge on any atom is -0.478 e. The highest BCUT2D eigenvalue weighted by atomic mass is 79.9. The van der Waals surface area contributed by atoms with Gasteiger partial charge < -0.3 is 10.0 Å². The molecule has 0 atom stereocenters. The van der Waals surface area contributed by atoms with E-state index in [9.17, 15) is 13.2 Å². The summed E-state index contributed by atoms with van der Waals surface area (Å²) in [5, 5.41) is 9.16. The third-order valence-electron chi connectivity index (χ3n) is 3.12. The highest BCUT2D eigenvalue weighted by molar-refractivity contribution is 9.10. The number of rotatable bonds is 6. The second kappa shape index (κ2) is 6.87. The van der Waals surface area contributed by atoms with Gasteiger partial charge in [-0.25, -0.2) is 13.2 Å². The van der Waals surface area contributed by atoms with Crippen LogP contribution in [0.2, 0.25) is 0 Å². The van der Waals surface area contributed by atoms with Crippen LogP contribution in [0.4, 0.5) is 0 Å². The zero-order valence-electron chi connectivity index (χ0n) is 12.4. The Bertz CT molecular complexity index is 644. The van der Waals surface area contributed by atoms with Crippen molar-refractivity contribution in [2.45, 2.75) is 11.8 Å². The van der Waals surface area contributed by atoms with E-state index in [0.29, 0.717) is 23.1 Å². The van der Waals surface area contributed by atoms with Crippen molar-refractivity contribution in [1.82, 2.24) is 9.21 Å². The SMILES string of the molecule is Cc1c(Br)cc(S(=O)(=O)N(C)CCN(C)C)cc1C(=O)O. The number of nitrogens with zero attached hydrogens (tertiary/aromatic N) is 2. The Morgan fingerprint density at radius 2 is 1.81 bits per heavy atom. The standard InChI is InChI=1S/C13H19BrN2O4S/c1-9-11(13(17)18)7-10(8-12(9)14)21(19,20)16(4)6-5-15(2)3/h7-8H,5-6H2,1-4H3,(H,17,18). The van der Waals surface area contributed by atoms with E-state index in [-0.39, 0.29) is 10.5 Å². The third-order valence-corrected chi connectivity index (χ3v) is 5.78. The Morgan fingerprint density at radius 1 is 1.24 bits per heavy atom. The van der Waals surface area contributed by atoms with Crippen molar-refractivity contribution >= 4 is 31.9 Å². The Hall–Kier alpha value is -0.960. The number of carbonyl (C=O) groups is 1. The van der Waals surface area contributed by atoms with Crippen LogP contribution in [0.25, 0.3) is 0 Å². The summed E-state index contributed by atoms with van der Waals surface area (Å²) in [6, 6.07) is 2.63. The lowest BCUT2D eigenvalue weighted by Crippen LogP contribution is -2.33. The molecule has 0 fully saturated rings. The van der Waals surface area contributed by atoms with E-state index in [0.717, 1.165) is 0 Å². The van der Waals surface area contributed by atoms with Gasteiger partial charge in [-0.15, -0.1) is 0 Å². The van der Waals surface area contributed by atoms with Crippen LogP contribution in [0.3, 0.4) is 0 Å². The van der Waals surface area contributed by atoms with Crippen LogP contribution in [0.5, 0.6) is 0 Å². The van der Waals surface area contributed by atoms with Gasteiger partial charge in [-0.05, 0) is 38.7 Å². The number of carboxylic acid groups (broad SMARTS) is 1. The number of carboxylic acids is 1. The minimum atomic E-state index is -3.72. The normalized spacial score (nSPS) is 12.1. The fraction of sp³-hybridized carbons (Fsp3) is 0.462. The van der Waals surface area contributed by atoms with E-state index in [1.807, 2.05) is 19.0 Å². The molecule has 1 aromatic rings. The molecule has 118 valence electrons. The van der Waals surface area contributed by atoms with Crippen molar-refractivity contribution < 1.29 is 18.3 Å². The summed E-state index contributed by atoms with van der Waals surface area (Å²) < 4.78 is 26.6. The van der Waals surface area contributed by atoms with Crippen LogP contribution in [0.15, 0.2) is 21.5 Å². The van der Waals surface area contributed by atoms with Crippen LogP contribution < -0.4 is 0 Å². The van der Waals surface area contributed by atoms with Gasteiger partial charge in [0.25, 0.3) is 0 Å². The Kier molecular flexibility index (Phi) is 5.92. The molecule has 0 aliphatic heterocycles. The highest BCUT2D eigenvalue weighted by Crippen LogP contribution is 2.26. The van der Waals surface area contributed by atoms with Crippen LogP contribution in [0, 0.1) is 6.92 Å². The molecule has 0 spiro atoms. The average Bonchev–Trinajstić information content (AvgIpc) is 2.38. The predicted molar refractivity (Wildman–Crippen MR) is 84.2 cm³/mol. The molecule has 0 saturated heterocycles. The quantitative estimate of drug-likeness (QED) is 0.813. The van der Waals surface area contributed by atoms with Crippen LogP contribution in [-0.2, 0) is 10.0 Å².